The van der Waals surface area contributed by atoms with E-state index in [2.05, 4.69) is 20.2 Å². The molecule has 0 saturated carbocycles. The number of piperazine rings is 1. The molecule has 0 atom stereocenters. The molecule has 0 amide bonds. The molecule has 0 bridgehead atoms. The molecular weight excluding hydrogens is 152 g/mol. The minimum atomic E-state index is 0.913. The van der Waals surface area contributed by atoms with Gasteiger partial charge < -0.3 is 4.90 Å². The SMILES string of the molecule is c1cnc(N2CC[N]CC2)cn1. The number of aromatic nitrogens is 2. The molecule has 0 aromatic carbocycles. The minimum absolute atomic E-state index is 0.913. The summed E-state index contributed by atoms with van der Waals surface area (Å²) in [7, 11) is 0. The quantitative estimate of drug-likeness (QED) is 0.580. The predicted octanol–water partition coefficient (Wildman–Crippen LogP) is -0.0990. The van der Waals surface area contributed by atoms with Crippen molar-refractivity contribution in [3.8, 4) is 0 Å². The van der Waals surface area contributed by atoms with Crippen molar-refractivity contribution in [3.63, 3.8) is 0 Å². The van der Waals surface area contributed by atoms with Gasteiger partial charge in [0, 0.05) is 38.6 Å². The molecule has 1 aromatic rings. The van der Waals surface area contributed by atoms with E-state index in [9.17, 15) is 0 Å². The second-order valence-electron chi connectivity index (χ2n) is 2.72. The zero-order valence-corrected chi connectivity index (χ0v) is 6.85. The van der Waals surface area contributed by atoms with Gasteiger partial charge in [-0.25, -0.2) is 10.3 Å². The molecule has 0 unspecified atom stereocenters. The lowest BCUT2D eigenvalue weighted by molar-refractivity contribution is 0.574. The lowest BCUT2D eigenvalue weighted by Crippen LogP contribution is -2.40. The van der Waals surface area contributed by atoms with Gasteiger partial charge in [-0.05, 0) is 0 Å². The number of nitrogens with zero attached hydrogens (tertiary/aromatic N) is 4. The van der Waals surface area contributed by atoms with Crippen LogP contribution in [0.3, 0.4) is 0 Å². The van der Waals surface area contributed by atoms with Crippen molar-refractivity contribution in [3.05, 3.63) is 18.6 Å². The second-order valence-corrected chi connectivity index (χ2v) is 2.72. The molecule has 4 heteroatoms. The van der Waals surface area contributed by atoms with E-state index >= 15 is 0 Å². The largest absolute Gasteiger partial charge is 0.353 e. The van der Waals surface area contributed by atoms with Crippen LogP contribution in [-0.2, 0) is 0 Å². The Morgan fingerprint density at radius 3 is 2.67 bits per heavy atom. The lowest BCUT2D eigenvalue weighted by atomic mass is 10.4. The van der Waals surface area contributed by atoms with Gasteiger partial charge in [0.1, 0.15) is 5.82 Å². The lowest BCUT2D eigenvalue weighted by Gasteiger charge is -2.26. The highest BCUT2D eigenvalue weighted by atomic mass is 15.2. The summed E-state index contributed by atoms with van der Waals surface area (Å²) >= 11 is 0. The van der Waals surface area contributed by atoms with Gasteiger partial charge in [0.15, 0.2) is 0 Å². The van der Waals surface area contributed by atoms with Crippen LogP contribution in [0.25, 0.3) is 0 Å². The molecule has 2 heterocycles. The fraction of sp³-hybridized carbons (Fsp3) is 0.500. The first-order chi connectivity index (χ1) is 5.97. The normalized spacial score (nSPS) is 17.8. The number of rotatable bonds is 1. The minimum Gasteiger partial charge on any atom is -0.353 e. The maximum absolute atomic E-state index is 4.26. The van der Waals surface area contributed by atoms with Crippen LogP contribution in [0.4, 0.5) is 5.82 Å². The topological polar surface area (TPSA) is 43.1 Å². The predicted molar refractivity (Wildman–Crippen MR) is 46.1 cm³/mol. The Hall–Kier alpha value is -1.16. The Balaban J connectivity index is 2.08. The van der Waals surface area contributed by atoms with Crippen LogP contribution < -0.4 is 10.2 Å². The van der Waals surface area contributed by atoms with Gasteiger partial charge >= 0.3 is 0 Å². The summed E-state index contributed by atoms with van der Waals surface area (Å²) in [5.74, 6) is 0.965. The van der Waals surface area contributed by atoms with Crippen molar-refractivity contribution in [1.82, 2.24) is 15.3 Å². The summed E-state index contributed by atoms with van der Waals surface area (Å²) in [6.45, 7) is 3.77. The zero-order valence-electron chi connectivity index (χ0n) is 6.85. The molecule has 1 radical (unpaired) electrons. The fourth-order valence-electron chi connectivity index (χ4n) is 1.29. The smallest absolute Gasteiger partial charge is 0.147 e. The van der Waals surface area contributed by atoms with Gasteiger partial charge in [0.2, 0.25) is 0 Å². The van der Waals surface area contributed by atoms with Crippen molar-refractivity contribution < 1.29 is 0 Å². The van der Waals surface area contributed by atoms with Crippen LogP contribution in [0.5, 0.6) is 0 Å². The molecule has 1 aliphatic heterocycles. The Labute approximate surface area is 71.6 Å². The maximum Gasteiger partial charge on any atom is 0.147 e. The molecule has 1 fully saturated rings. The molecule has 63 valence electrons. The van der Waals surface area contributed by atoms with Gasteiger partial charge in [-0.3, -0.25) is 4.98 Å². The first kappa shape index (κ1) is 7.49. The highest BCUT2D eigenvalue weighted by molar-refractivity contribution is 5.35. The fourth-order valence-corrected chi connectivity index (χ4v) is 1.29. The van der Waals surface area contributed by atoms with Crippen LogP contribution in [0.1, 0.15) is 0 Å². The first-order valence-electron chi connectivity index (χ1n) is 4.11. The van der Waals surface area contributed by atoms with Gasteiger partial charge in [-0.15, -0.1) is 0 Å². The van der Waals surface area contributed by atoms with Crippen LogP contribution in [-0.4, -0.2) is 36.1 Å². The van der Waals surface area contributed by atoms with Gasteiger partial charge in [0.05, 0.1) is 6.20 Å². The van der Waals surface area contributed by atoms with E-state index in [4.69, 9.17) is 0 Å². The van der Waals surface area contributed by atoms with E-state index < -0.39 is 0 Å². The van der Waals surface area contributed by atoms with Crippen molar-refractivity contribution in [2.24, 2.45) is 0 Å². The Morgan fingerprint density at radius 1 is 1.17 bits per heavy atom. The standard InChI is InChI=1S/C8H11N4/c1-2-11-8(7-10-1)12-5-3-9-4-6-12/h1-2,7H,3-6H2. The Kier molecular flexibility index (Phi) is 2.18. The first-order valence-corrected chi connectivity index (χ1v) is 4.11. The molecule has 12 heavy (non-hydrogen) atoms. The van der Waals surface area contributed by atoms with E-state index in [0.717, 1.165) is 32.0 Å². The molecule has 0 spiro atoms. The third-order valence-corrected chi connectivity index (χ3v) is 1.93. The van der Waals surface area contributed by atoms with Crippen LogP contribution in [0, 0.1) is 0 Å². The van der Waals surface area contributed by atoms with E-state index in [1.54, 1.807) is 18.6 Å². The highest BCUT2D eigenvalue weighted by Gasteiger charge is 2.11. The van der Waals surface area contributed by atoms with E-state index in [0.29, 0.717) is 0 Å². The molecule has 1 aromatic heterocycles. The van der Waals surface area contributed by atoms with E-state index in [1.165, 1.54) is 0 Å². The molecule has 1 aliphatic rings. The van der Waals surface area contributed by atoms with Crippen molar-refractivity contribution in [1.29, 1.82) is 0 Å². The molecular formula is C8H11N4. The van der Waals surface area contributed by atoms with Gasteiger partial charge in [-0.2, -0.15) is 0 Å². The molecule has 0 N–H and O–H groups in total. The van der Waals surface area contributed by atoms with E-state index in [-0.39, 0.29) is 0 Å². The summed E-state index contributed by atoms with van der Waals surface area (Å²) in [4.78, 5) is 10.5. The van der Waals surface area contributed by atoms with Crippen LogP contribution in [0.15, 0.2) is 18.6 Å². The third-order valence-electron chi connectivity index (χ3n) is 1.93. The van der Waals surface area contributed by atoms with Crippen LogP contribution in [0.2, 0.25) is 0 Å². The van der Waals surface area contributed by atoms with Gasteiger partial charge in [-0.1, -0.05) is 0 Å². The Bertz CT molecular complexity index is 230. The van der Waals surface area contributed by atoms with Gasteiger partial charge in [0.25, 0.3) is 0 Å². The molecule has 4 nitrogen and oxygen atoms in total. The number of hydrogen-bond donors (Lipinski definition) is 0. The monoisotopic (exact) mass is 163 g/mol. The molecule has 2 rings (SSSR count). The highest BCUT2D eigenvalue weighted by Crippen LogP contribution is 2.07. The number of anilines is 1. The van der Waals surface area contributed by atoms with Crippen LogP contribution >= 0.6 is 0 Å². The summed E-state index contributed by atoms with van der Waals surface area (Å²) < 4.78 is 0. The average molecular weight is 163 g/mol. The van der Waals surface area contributed by atoms with Crippen molar-refractivity contribution >= 4 is 5.82 Å². The number of hydrogen-bond acceptors (Lipinski definition) is 3. The summed E-state index contributed by atoms with van der Waals surface area (Å²) in [6.07, 6.45) is 5.21. The third kappa shape index (κ3) is 1.53. The van der Waals surface area contributed by atoms with E-state index in [1.807, 2.05) is 0 Å². The van der Waals surface area contributed by atoms with Crippen molar-refractivity contribution in [2.75, 3.05) is 31.1 Å². The Morgan fingerprint density at radius 2 is 2.00 bits per heavy atom. The molecule has 0 aliphatic carbocycles. The second kappa shape index (κ2) is 3.49. The summed E-state index contributed by atoms with van der Waals surface area (Å²) in [5, 5.41) is 4.26. The average Bonchev–Trinajstić information content (AvgIpc) is 2.21. The maximum atomic E-state index is 4.26. The zero-order chi connectivity index (χ0) is 8.23. The summed E-state index contributed by atoms with van der Waals surface area (Å²) in [5.41, 5.74) is 0. The molecule has 1 saturated heterocycles. The summed E-state index contributed by atoms with van der Waals surface area (Å²) in [6, 6.07) is 0. The van der Waals surface area contributed by atoms with Crippen molar-refractivity contribution in [2.45, 2.75) is 0 Å².